The predicted octanol–water partition coefficient (Wildman–Crippen LogP) is 4.12. The molecule has 2 atom stereocenters. The number of aromatic nitrogens is 3. The smallest absolute Gasteiger partial charge is 0.227 e. The number of nitrogens with zero attached hydrogens (tertiary/aromatic N) is 3. The molecule has 1 aromatic carbocycles. The minimum atomic E-state index is 0.453. The van der Waals surface area contributed by atoms with Crippen LogP contribution in [0.1, 0.15) is 60.6 Å². The van der Waals surface area contributed by atoms with E-state index in [4.69, 9.17) is 9.05 Å². The number of fused-ring (bicyclic) bond motifs is 1. The Bertz CT molecular complexity index is 808. The molecule has 0 N–H and O–H groups in total. The molecule has 0 bridgehead atoms. The van der Waals surface area contributed by atoms with Crippen LogP contribution in [-0.4, -0.2) is 15.3 Å². The van der Waals surface area contributed by atoms with Gasteiger partial charge in [-0.25, -0.2) is 0 Å². The van der Waals surface area contributed by atoms with Crippen molar-refractivity contribution >= 4 is 0 Å². The highest BCUT2D eigenvalue weighted by Gasteiger charge is 2.33. The summed E-state index contributed by atoms with van der Waals surface area (Å²) in [7, 11) is 0. The molecule has 5 nitrogen and oxygen atoms in total. The first-order valence-electron chi connectivity index (χ1n) is 8.50. The lowest BCUT2D eigenvalue weighted by molar-refractivity contribution is 0.358. The standard InChI is InChI=1S/C19H21N3O2/c1-12(2)17-9-13(15-5-3-4-6-16(15)17)10-19-20-18(22-24-19)11-14-7-8-23-21-14/h3-8,12-13,17H,9-11H2,1-2H3/t13-,17-/m0/s1. The van der Waals surface area contributed by atoms with Crippen LogP contribution in [0.15, 0.2) is 45.6 Å². The summed E-state index contributed by atoms with van der Waals surface area (Å²) in [5.74, 6) is 3.07. The fourth-order valence-corrected chi connectivity index (χ4v) is 3.75. The van der Waals surface area contributed by atoms with E-state index in [1.165, 1.54) is 11.1 Å². The lowest BCUT2D eigenvalue weighted by Crippen LogP contribution is -2.03. The Morgan fingerprint density at radius 1 is 1.12 bits per heavy atom. The van der Waals surface area contributed by atoms with Crippen molar-refractivity contribution in [1.82, 2.24) is 15.3 Å². The second kappa shape index (κ2) is 6.23. The maximum Gasteiger partial charge on any atom is 0.227 e. The van der Waals surface area contributed by atoms with E-state index in [9.17, 15) is 0 Å². The van der Waals surface area contributed by atoms with Gasteiger partial charge in [-0.05, 0) is 35.3 Å². The van der Waals surface area contributed by atoms with Crippen molar-refractivity contribution in [2.75, 3.05) is 0 Å². The Hall–Kier alpha value is -2.43. The molecule has 4 rings (SSSR count). The molecule has 2 heterocycles. The minimum absolute atomic E-state index is 0.453. The van der Waals surface area contributed by atoms with Crippen LogP contribution < -0.4 is 0 Å². The zero-order valence-electron chi connectivity index (χ0n) is 14.0. The Labute approximate surface area is 141 Å². The van der Waals surface area contributed by atoms with E-state index in [1.807, 2.05) is 6.07 Å². The normalized spacial score (nSPS) is 19.8. The Morgan fingerprint density at radius 2 is 1.96 bits per heavy atom. The summed E-state index contributed by atoms with van der Waals surface area (Å²) in [6, 6.07) is 10.6. The molecule has 0 saturated carbocycles. The maximum absolute atomic E-state index is 5.47. The molecule has 1 aliphatic rings. The molecule has 0 radical (unpaired) electrons. The van der Waals surface area contributed by atoms with Gasteiger partial charge >= 0.3 is 0 Å². The molecule has 0 spiro atoms. The van der Waals surface area contributed by atoms with E-state index in [-0.39, 0.29) is 0 Å². The van der Waals surface area contributed by atoms with Gasteiger partial charge in [0, 0.05) is 12.5 Å². The zero-order valence-corrected chi connectivity index (χ0v) is 14.0. The first kappa shape index (κ1) is 15.1. The van der Waals surface area contributed by atoms with E-state index in [1.54, 1.807) is 6.26 Å². The first-order valence-corrected chi connectivity index (χ1v) is 8.50. The van der Waals surface area contributed by atoms with E-state index in [0.29, 0.717) is 35.9 Å². The van der Waals surface area contributed by atoms with E-state index in [0.717, 1.165) is 18.5 Å². The van der Waals surface area contributed by atoms with Crippen LogP contribution in [0.5, 0.6) is 0 Å². The average molecular weight is 323 g/mol. The third kappa shape index (κ3) is 2.86. The van der Waals surface area contributed by atoms with E-state index < -0.39 is 0 Å². The first-order chi connectivity index (χ1) is 11.7. The molecule has 0 unspecified atom stereocenters. The third-order valence-electron chi connectivity index (χ3n) is 4.94. The quantitative estimate of drug-likeness (QED) is 0.706. The average Bonchev–Trinajstić information content (AvgIpc) is 3.29. The van der Waals surface area contributed by atoms with E-state index in [2.05, 4.69) is 53.4 Å². The van der Waals surface area contributed by atoms with Gasteiger partial charge in [0.1, 0.15) is 6.26 Å². The topological polar surface area (TPSA) is 65.0 Å². The molecular weight excluding hydrogens is 302 g/mol. The lowest BCUT2D eigenvalue weighted by Gasteiger charge is -2.15. The van der Waals surface area contributed by atoms with Crippen molar-refractivity contribution in [2.24, 2.45) is 5.92 Å². The summed E-state index contributed by atoms with van der Waals surface area (Å²) in [5, 5.41) is 7.96. The molecule has 0 amide bonds. The van der Waals surface area contributed by atoms with Crippen molar-refractivity contribution in [3.63, 3.8) is 0 Å². The largest absolute Gasteiger partial charge is 0.364 e. The molecule has 3 aromatic rings. The molecule has 0 aliphatic heterocycles. The maximum atomic E-state index is 5.47. The van der Waals surface area contributed by atoms with Crippen molar-refractivity contribution < 1.29 is 9.05 Å². The molecule has 1 aliphatic carbocycles. The van der Waals surface area contributed by atoms with Gasteiger partial charge in [-0.1, -0.05) is 48.4 Å². The molecular formula is C19H21N3O2. The summed E-state index contributed by atoms with van der Waals surface area (Å²) in [4.78, 5) is 4.53. The highest BCUT2D eigenvalue weighted by Crippen LogP contribution is 2.46. The van der Waals surface area contributed by atoms with Gasteiger partial charge in [-0.15, -0.1) is 0 Å². The summed E-state index contributed by atoms with van der Waals surface area (Å²) in [5.41, 5.74) is 3.74. The van der Waals surface area contributed by atoms with Crippen molar-refractivity contribution in [3.8, 4) is 0 Å². The second-order valence-electron chi connectivity index (χ2n) is 6.89. The van der Waals surface area contributed by atoms with Gasteiger partial charge in [-0.2, -0.15) is 4.98 Å². The summed E-state index contributed by atoms with van der Waals surface area (Å²) < 4.78 is 10.3. The molecule has 0 fully saturated rings. The molecule has 124 valence electrons. The molecule has 0 saturated heterocycles. The number of hydrogen-bond donors (Lipinski definition) is 0. The van der Waals surface area contributed by atoms with Gasteiger partial charge in [-0.3, -0.25) is 0 Å². The summed E-state index contributed by atoms with van der Waals surface area (Å²) >= 11 is 0. The highest BCUT2D eigenvalue weighted by atomic mass is 16.5. The molecule has 24 heavy (non-hydrogen) atoms. The van der Waals surface area contributed by atoms with Gasteiger partial charge in [0.2, 0.25) is 5.89 Å². The second-order valence-corrected chi connectivity index (χ2v) is 6.89. The van der Waals surface area contributed by atoms with Gasteiger partial charge in [0.25, 0.3) is 0 Å². The van der Waals surface area contributed by atoms with Crippen LogP contribution in [0.4, 0.5) is 0 Å². The summed E-state index contributed by atoms with van der Waals surface area (Å²) in [6.45, 7) is 4.60. The van der Waals surface area contributed by atoms with Gasteiger partial charge < -0.3 is 9.05 Å². The number of benzene rings is 1. The predicted molar refractivity (Wildman–Crippen MR) is 88.7 cm³/mol. The van der Waals surface area contributed by atoms with Gasteiger partial charge in [0.05, 0.1) is 12.1 Å². The van der Waals surface area contributed by atoms with E-state index >= 15 is 0 Å². The summed E-state index contributed by atoms with van der Waals surface area (Å²) in [6.07, 6.45) is 4.04. The Kier molecular flexibility index (Phi) is 3.92. The molecule has 5 heteroatoms. The van der Waals surface area contributed by atoms with Crippen LogP contribution in [0, 0.1) is 5.92 Å². The van der Waals surface area contributed by atoms with Crippen LogP contribution in [0.2, 0.25) is 0 Å². The third-order valence-corrected chi connectivity index (χ3v) is 4.94. The van der Waals surface area contributed by atoms with Crippen molar-refractivity contribution in [1.29, 1.82) is 0 Å². The molecule has 2 aromatic heterocycles. The SMILES string of the molecule is CC(C)[C@@H]1C[C@@H](Cc2nc(Cc3ccon3)no2)c2ccccc21. The highest BCUT2D eigenvalue weighted by molar-refractivity contribution is 5.39. The van der Waals surface area contributed by atoms with Crippen molar-refractivity contribution in [2.45, 2.75) is 44.9 Å². The fourth-order valence-electron chi connectivity index (χ4n) is 3.75. The zero-order chi connectivity index (χ0) is 16.5. The van der Waals surface area contributed by atoms with Crippen LogP contribution in [0.3, 0.4) is 0 Å². The monoisotopic (exact) mass is 323 g/mol. The Morgan fingerprint density at radius 3 is 2.71 bits per heavy atom. The lowest BCUT2D eigenvalue weighted by atomic mass is 9.89. The van der Waals surface area contributed by atoms with Crippen LogP contribution in [0.25, 0.3) is 0 Å². The van der Waals surface area contributed by atoms with Crippen LogP contribution in [-0.2, 0) is 12.8 Å². The fraction of sp³-hybridized carbons (Fsp3) is 0.421. The Balaban J connectivity index is 1.51. The van der Waals surface area contributed by atoms with Gasteiger partial charge in [0.15, 0.2) is 5.82 Å². The van der Waals surface area contributed by atoms with Crippen molar-refractivity contribution in [3.05, 3.63) is 65.1 Å². The minimum Gasteiger partial charge on any atom is -0.364 e. The van der Waals surface area contributed by atoms with Crippen LogP contribution >= 0.6 is 0 Å². The number of hydrogen-bond acceptors (Lipinski definition) is 5. The number of rotatable bonds is 5.